The van der Waals surface area contributed by atoms with E-state index in [0.29, 0.717) is 0 Å². The Bertz CT molecular complexity index is 627. The Balaban J connectivity index is 1.92. The Morgan fingerprint density at radius 2 is 1.55 bits per heavy atom. The summed E-state index contributed by atoms with van der Waals surface area (Å²) >= 11 is 0. The first-order valence-electron chi connectivity index (χ1n) is 6.34. The second-order valence-electron chi connectivity index (χ2n) is 4.41. The van der Waals surface area contributed by atoms with E-state index in [1.54, 1.807) is 30.3 Å². The summed E-state index contributed by atoms with van der Waals surface area (Å²) < 4.78 is 32.2. The topological polar surface area (TPSA) is 55.4 Å². The maximum Gasteiger partial charge on any atom is 0.240 e. The van der Waals surface area contributed by atoms with Crippen molar-refractivity contribution in [2.75, 3.05) is 6.54 Å². The first-order valence-corrected chi connectivity index (χ1v) is 7.83. The molecule has 20 heavy (non-hydrogen) atoms. The minimum absolute atomic E-state index is 0.214. The zero-order chi connectivity index (χ0) is 14.4. The van der Waals surface area contributed by atoms with Crippen molar-refractivity contribution in [3.8, 4) is 5.75 Å². The SMILES string of the molecule is CC(CNS(=O)(=O)c1ccccc1)Oc1ccccc1. The molecule has 4 nitrogen and oxygen atoms in total. The van der Waals surface area contributed by atoms with E-state index in [0.717, 1.165) is 5.75 Å². The fraction of sp³-hybridized carbons (Fsp3) is 0.200. The number of nitrogens with one attached hydrogen (secondary N) is 1. The van der Waals surface area contributed by atoms with Gasteiger partial charge >= 0.3 is 0 Å². The van der Waals surface area contributed by atoms with Crippen molar-refractivity contribution in [3.63, 3.8) is 0 Å². The highest BCUT2D eigenvalue weighted by Gasteiger charge is 2.15. The van der Waals surface area contributed by atoms with Gasteiger partial charge in [-0.05, 0) is 31.2 Å². The molecule has 0 spiro atoms. The molecular weight excluding hydrogens is 274 g/mol. The van der Waals surface area contributed by atoms with Gasteiger partial charge in [-0.15, -0.1) is 0 Å². The number of sulfonamides is 1. The van der Waals surface area contributed by atoms with E-state index in [1.165, 1.54) is 0 Å². The Hall–Kier alpha value is -1.85. The lowest BCUT2D eigenvalue weighted by molar-refractivity contribution is 0.225. The molecule has 0 aromatic heterocycles. The third-order valence-corrected chi connectivity index (χ3v) is 4.13. The number of hydrogen-bond donors (Lipinski definition) is 1. The van der Waals surface area contributed by atoms with Gasteiger partial charge in [0.15, 0.2) is 0 Å². The Kier molecular flexibility index (Phi) is 4.76. The molecule has 0 aliphatic rings. The number of para-hydroxylation sites is 1. The van der Waals surface area contributed by atoms with Crippen LogP contribution in [-0.2, 0) is 10.0 Å². The highest BCUT2D eigenvalue weighted by Crippen LogP contribution is 2.11. The molecule has 5 heteroatoms. The van der Waals surface area contributed by atoms with Gasteiger partial charge in [0.2, 0.25) is 10.0 Å². The zero-order valence-electron chi connectivity index (χ0n) is 11.2. The molecule has 1 unspecified atom stereocenters. The minimum Gasteiger partial charge on any atom is -0.489 e. The lowest BCUT2D eigenvalue weighted by Gasteiger charge is -2.15. The maximum atomic E-state index is 12.0. The average Bonchev–Trinajstić information content (AvgIpc) is 2.47. The average molecular weight is 291 g/mol. The van der Waals surface area contributed by atoms with Gasteiger partial charge in [0.25, 0.3) is 0 Å². The first kappa shape index (κ1) is 14.6. The molecule has 0 aliphatic heterocycles. The molecule has 0 aliphatic carbocycles. The number of hydrogen-bond acceptors (Lipinski definition) is 3. The fourth-order valence-corrected chi connectivity index (χ4v) is 2.82. The molecule has 106 valence electrons. The summed E-state index contributed by atoms with van der Waals surface area (Å²) in [7, 11) is -3.48. The summed E-state index contributed by atoms with van der Waals surface area (Å²) in [6.45, 7) is 2.03. The fourth-order valence-electron chi connectivity index (χ4n) is 1.68. The van der Waals surface area contributed by atoms with Crippen LogP contribution < -0.4 is 9.46 Å². The van der Waals surface area contributed by atoms with E-state index in [-0.39, 0.29) is 17.5 Å². The molecule has 0 amide bonds. The van der Waals surface area contributed by atoms with Gasteiger partial charge in [0, 0.05) is 6.54 Å². The number of benzene rings is 2. The first-order chi connectivity index (χ1) is 9.58. The molecule has 1 N–H and O–H groups in total. The summed E-state index contributed by atoms with van der Waals surface area (Å²) in [4.78, 5) is 0.256. The van der Waals surface area contributed by atoms with Crippen LogP contribution in [-0.4, -0.2) is 21.1 Å². The largest absolute Gasteiger partial charge is 0.489 e. The number of ether oxygens (including phenoxy) is 1. The van der Waals surface area contributed by atoms with Crippen LogP contribution in [0.5, 0.6) is 5.75 Å². The van der Waals surface area contributed by atoms with Crippen molar-refractivity contribution in [2.24, 2.45) is 0 Å². The Morgan fingerprint density at radius 3 is 2.15 bits per heavy atom. The lowest BCUT2D eigenvalue weighted by atomic mass is 10.3. The molecule has 0 bridgehead atoms. The Labute approximate surface area is 119 Å². The van der Waals surface area contributed by atoms with Gasteiger partial charge in [0.1, 0.15) is 11.9 Å². The van der Waals surface area contributed by atoms with Gasteiger partial charge in [-0.3, -0.25) is 0 Å². The van der Waals surface area contributed by atoms with Gasteiger partial charge in [-0.25, -0.2) is 13.1 Å². The van der Waals surface area contributed by atoms with Crippen LogP contribution in [0.25, 0.3) is 0 Å². The standard InChI is InChI=1S/C15H17NO3S/c1-13(19-14-8-4-2-5-9-14)12-16-20(17,18)15-10-6-3-7-11-15/h2-11,13,16H,12H2,1H3. The van der Waals surface area contributed by atoms with Crippen molar-refractivity contribution >= 4 is 10.0 Å². The normalized spacial score (nSPS) is 12.8. The van der Waals surface area contributed by atoms with Crippen molar-refractivity contribution < 1.29 is 13.2 Å². The molecule has 0 radical (unpaired) electrons. The van der Waals surface area contributed by atoms with Crippen molar-refractivity contribution in [2.45, 2.75) is 17.9 Å². The summed E-state index contributed by atoms with van der Waals surface area (Å²) in [5.74, 6) is 0.721. The van der Waals surface area contributed by atoms with E-state index >= 15 is 0 Å². The van der Waals surface area contributed by atoms with E-state index in [2.05, 4.69) is 4.72 Å². The van der Waals surface area contributed by atoms with Crippen LogP contribution in [0.4, 0.5) is 0 Å². The van der Waals surface area contributed by atoms with E-state index < -0.39 is 10.0 Å². The monoisotopic (exact) mass is 291 g/mol. The summed E-state index contributed by atoms with van der Waals surface area (Å²) in [6.07, 6.45) is -0.254. The van der Waals surface area contributed by atoms with E-state index in [1.807, 2.05) is 37.3 Å². The van der Waals surface area contributed by atoms with Gasteiger partial charge in [-0.2, -0.15) is 0 Å². The predicted molar refractivity (Wildman–Crippen MR) is 78.2 cm³/mol. The number of rotatable bonds is 6. The Morgan fingerprint density at radius 1 is 1.00 bits per heavy atom. The summed E-state index contributed by atoms with van der Waals surface area (Å²) in [6, 6.07) is 17.6. The maximum absolute atomic E-state index is 12.0. The summed E-state index contributed by atoms with van der Waals surface area (Å²) in [5, 5.41) is 0. The van der Waals surface area contributed by atoms with Crippen molar-refractivity contribution in [1.82, 2.24) is 4.72 Å². The molecule has 2 aromatic rings. The molecule has 2 aromatic carbocycles. The van der Waals surface area contributed by atoms with Crippen LogP contribution >= 0.6 is 0 Å². The molecule has 0 fully saturated rings. The van der Waals surface area contributed by atoms with Gasteiger partial charge < -0.3 is 4.74 Å². The van der Waals surface area contributed by atoms with Crippen LogP contribution in [0.2, 0.25) is 0 Å². The molecule has 2 rings (SSSR count). The molecule has 1 atom stereocenters. The van der Waals surface area contributed by atoms with Crippen molar-refractivity contribution in [3.05, 3.63) is 60.7 Å². The van der Waals surface area contributed by atoms with Crippen molar-refractivity contribution in [1.29, 1.82) is 0 Å². The smallest absolute Gasteiger partial charge is 0.240 e. The molecular formula is C15H17NO3S. The molecule has 0 heterocycles. The van der Waals surface area contributed by atoms with Gasteiger partial charge in [-0.1, -0.05) is 36.4 Å². The quantitative estimate of drug-likeness (QED) is 0.889. The third kappa shape index (κ3) is 4.08. The van der Waals surface area contributed by atoms with Crippen LogP contribution in [0.15, 0.2) is 65.6 Å². The van der Waals surface area contributed by atoms with E-state index in [4.69, 9.17) is 4.74 Å². The zero-order valence-corrected chi connectivity index (χ0v) is 12.0. The lowest BCUT2D eigenvalue weighted by Crippen LogP contribution is -2.33. The summed E-state index contributed by atoms with van der Waals surface area (Å²) in [5.41, 5.74) is 0. The van der Waals surface area contributed by atoms with E-state index in [9.17, 15) is 8.42 Å². The van der Waals surface area contributed by atoms with Crippen LogP contribution in [0, 0.1) is 0 Å². The van der Waals surface area contributed by atoms with Crippen LogP contribution in [0.1, 0.15) is 6.92 Å². The van der Waals surface area contributed by atoms with Crippen LogP contribution in [0.3, 0.4) is 0 Å². The highest BCUT2D eigenvalue weighted by molar-refractivity contribution is 7.89. The third-order valence-electron chi connectivity index (χ3n) is 2.69. The predicted octanol–water partition coefficient (Wildman–Crippen LogP) is 2.43. The molecule has 0 saturated heterocycles. The second kappa shape index (κ2) is 6.54. The minimum atomic E-state index is -3.48. The van der Waals surface area contributed by atoms with Gasteiger partial charge in [0.05, 0.1) is 4.90 Å². The second-order valence-corrected chi connectivity index (χ2v) is 6.17. The highest BCUT2D eigenvalue weighted by atomic mass is 32.2. The molecule has 0 saturated carbocycles.